The zero-order chi connectivity index (χ0) is 25.4. The van der Waals surface area contributed by atoms with Crippen LogP contribution in [0, 0.1) is 0 Å². The van der Waals surface area contributed by atoms with E-state index in [1.54, 1.807) is 24.8 Å². The Morgan fingerprint density at radius 3 is 2.13 bits per heavy atom. The van der Waals surface area contributed by atoms with Crippen LogP contribution in [0.15, 0.2) is 90.1 Å². The fourth-order valence-electron chi connectivity index (χ4n) is 5.09. The van der Waals surface area contributed by atoms with Crippen LogP contribution in [0.5, 0.6) is 0 Å². The van der Waals surface area contributed by atoms with Crippen molar-refractivity contribution in [1.82, 2.24) is 48.0 Å². The highest BCUT2D eigenvalue weighted by molar-refractivity contribution is 5.92. The summed E-state index contributed by atoms with van der Waals surface area (Å²) in [6.07, 6.45) is 10.9. The first-order chi connectivity index (χ1) is 18.7. The molecule has 0 atom stereocenters. The van der Waals surface area contributed by atoms with Crippen LogP contribution in [-0.2, 0) is 14.1 Å². The molecule has 8 aromatic rings. The lowest BCUT2D eigenvalue weighted by atomic mass is 10.2. The largest absolute Gasteiger partial charge is 0.421 e. The highest BCUT2D eigenvalue weighted by Gasteiger charge is 2.20. The van der Waals surface area contributed by atoms with E-state index in [4.69, 9.17) is 9.40 Å². The SMILES string of the molecule is Cn1ccnc1-c1ccnn1-c1ccc2nc3oc4c(-n5nccc5-c5nccn5C)cccc4n3c2c1. The predicted molar refractivity (Wildman–Crippen MR) is 141 cm³/mol. The molecule has 0 radical (unpaired) electrons. The van der Waals surface area contributed by atoms with Gasteiger partial charge in [0.2, 0.25) is 0 Å². The van der Waals surface area contributed by atoms with Crippen molar-refractivity contribution in [3.05, 3.63) is 85.7 Å². The van der Waals surface area contributed by atoms with Gasteiger partial charge in [0, 0.05) is 38.9 Å². The molecule has 11 heteroatoms. The van der Waals surface area contributed by atoms with Gasteiger partial charge >= 0.3 is 5.84 Å². The minimum Gasteiger partial charge on any atom is -0.421 e. The molecule has 0 saturated carbocycles. The van der Waals surface area contributed by atoms with Crippen molar-refractivity contribution >= 4 is 28.0 Å². The Bertz CT molecular complexity index is 2120. The monoisotopic (exact) mass is 500 g/mol. The van der Waals surface area contributed by atoms with Gasteiger partial charge < -0.3 is 13.6 Å². The molecule has 6 aromatic heterocycles. The van der Waals surface area contributed by atoms with Crippen molar-refractivity contribution in [2.75, 3.05) is 0 Å². The maximum atomic E-state index is 6.35. The summed E-state index contributed by atoms with van der Waals surface area (Å²) < 4.78 is 16.1. The lowest BCUT2D eigenvalue weighted by molar-refractivity contribution is 0.638. The molecule has 0 amide bonds. The maximum Gasteiger partial charge on any atom is 0.307 e. The number of hydrogen-bond acceptors (Lipinski definition) is 6. The van der Waals surface area contributed by atoms with Gasteiger partial charge in [-0.15, -0.1) is 0 Å². The van der Waals surface area contributed by atoms with Gasteiger partial charge in [-0.2, -0.15) is 15.2 Å². The molecule has 2 aromatic carbocycles. The third-order valence-electron chi connectivity index (χ3n) is 6.87. The normalized spacial score (nSPS) is 11.9. The molecule has 0 aliphatic rings. The first-order valence-electron chi connectivity index (χ1n) is 12.1. The van der Waals surface area contributed by atoms with Crippen molar-refractivity contribution in [3.63, 3.8) is 0 Å². The molecule has 11 nitrogen and oxygen atoms in total. The summed E-state index contributed by atoms with van der Waals surface area (Å²) in [7, 11) is 3.93. The van der Waals surface area contributed by atoms with Gasteiger partial charge in [-0.1, -0.05) is 6.07 Å². The molecule has 0 unspecified atom stereocenters. The zero-order valence-electron chi connectivity index (χ0n) is 20.5. The fraction of sp³-hybridized carbons (Fsp3) is 0.0741. The number of rotatable bonds is 4. The van der Waals surface area contributed by atoms with Crippen molar-refractivity contribution in [1.29, 1.82) is 0 Å². The Labute approximate surface area is 214 Å². The lowest BCUT2D eigenvalue weighted by Gasteiger charge is -2.08. The van der Waals surface area contributed by atoms with E-state index in [1.165, 1.54) is 0 Å². The van der Waals surface area contributed by atoms with E-state index >= 15 is 0 Å². The summed E-state index contributed by atoms with van der Waals surface area (Å²) in [5.74, 6) is 2.16. The van der Waals surface area contributed by atoms with Gasteiger partial charge in [-0.3, -0.25) is 4.40 Å². The second-order valence-corrected chi connectivity index (χ2v) is 9.11. The standard InChI is InChI=1S/C27H20N10O/c1-33-14-12-28-25(33)21-8-10-30-36(21)17-6-7-18-23(16-17)35-19-4-3-5-20(24(19)38-27(35)32-18)37-22(9-11-31-37)26-29-13-15-34(26)2/h3-16H,1-2H3. The third kappa shape index (κ3) is 2.80. The average Bonchev–Trinajstić information content (AvgIpc) is 3.75. The first kappa shape index (κ1) is 20.7. The van der Waals surface area contributed by atoms with Gasteiger partial charge in [0.25, 0.3) is 0 Å². The Hall–Kier alpha value is -5.45. The molecule has 0 N–H and O–H groups in total. The van der Waals surface area contributed by atoms with E-state index in [0.717, 1.165) is 51.0 Å². The molecule has 0 fully saturated rings. The van der Waals surface area contributed by atoms with Crippen LogP contribution >= 0.6 is 0 Å². The smallest absolute Gasteiger partial charge is 0.307 e. The first-order valence-corrected chi connectivity index (χ1v) is 12.1. The summed E-state index contributed by atoms with van der Waals surface area (Å²) in [5.41, 5.74) is 6.81. The summed E-state index contributed by atoms with van der Waals surface area (Å²) >= 11 is 0. The molecular formula is C27H20N10O. The molecular weight excluding hydrogens is 480 g/mol. The number of hydrogen-bond donors (Lipinski definition) is 0. The minimum atomic E-state index is 0.509. The number of imidazole rings is 3. The number of fused-ring (bicyclic) bond motifs is 5. The molecule has 0 saturated heterocycles. The van der Waals surface area contributed by atoms with Crippen molar-refractivity contribution < 1.29 is 4.42 Å². The molecule has 8 rings (SSSR count). The highest BCUT2D eigenvalue weighted by Crippen LogP contribution is 2.32. The average molecular weight is 501 g/mol. The summed E-state index contributed by atoms with van der Waals surface area (Å²) in [6.45, 7) is 0. The fourth-order valence-corrected chi connectivity index (χ4v) is 5.09. The van der Waals surface area contributed by atoms with Crippen molar-refractivity contribution in [3.8, 4) is 34.4 Å². The molecule has 0 bridgehead atoms. The molecule has 38 heavy (non-hydrogen) atoms. The van der Waals surface area contributed by atoms with E-state index in [-0.39, 0.29) is 0 Å². The van der Waals surface area contributed by atoms with E-state index in [2.05, 4.69) is 26.2 Å². The zero-order valence-corrected chi connectivity index (χ0v) is 20.5. The lowest BCUT2D eigenvalue weighted by Crippen LogP contribution is -2.03. The number of aryl methyl sites for hydroxylation is 2. The van der Waals surface area contributed by atoms with E-state index in [0.29, 0.717) is 11.4 Å². The Kier molecular flexibility index (Phi) is 4.10. The van der Waals surface area contributed by atoms with Crippen LogP contribution in [0.25, 0.3) is 62.4 Å². The van der Waals surface area contributed by atoms with Gasteiger partial charge in [-0.05, 0) is 42.5 Å². The van der Waals surface area contributed by atoms with Crippen molar-refractivity contribution in [2.45, 2.75) is 0 Å². The Morgan fingerprint density at radius 1 is 0.711 bits per heavy atom. The van der Waals surface area contributed by atoms with Crippen LogP contribution in [-0.4, -0.2) is 48.0 Å². The molecule has 0 aliphatic heterocycles. The van der Waals surface area contributed by atoms with Crippen LogP contribution in [0.1, 0.15) is 0 Å². The summed E-state index contributed by atoms with van der Waals surface area (Å²) in [5, 5.41) is 9.18. The predicted octanol–water partition coefficient (Wildman–Crippen LogP) is 4.41. The van der Waals surface area contributed by atoms with Crippen LogP contribution in [0.2, 0.25) is 0 Å². The Morgan fingerprint density at radius 2 is 1.42 bits per heavy atom. The number of oxazole rings is 1. The number of nitrogens with zero attached hydrogens (tertiary/aromatic N) is 10. The molecule has 0 aliphatic carbocycles. The highest BCUT2D eigenvalue weighted by atomic mass is 16.4. The third-order valence-corrected chi connectivity index (χ3v) is 6.87. The van der Waals surface area contributed by atoms with Gasteiger partial charge in [0.1, 0.15) is 17.1 Å². The number of benzene rings is 2. The maximum absolute atomic E-state index is 6.35. The van der Waals surface area contributed by atoms with Gasteiger partial charge in [0.15, 0.2) is 17.2 Å². The molecule has 0 spiro atoms. The summed E-state index contributed by atoms with van der Waals surface area (Å²) in [6, 6.07) is 16.0. The molecule has 6 heterocycles. The second kappa shape index (κ2) is 7.53. The topological polar surface area (TPSA) is 102 Å². The van der Waals surface area contributed by atoms with Crippen molar-refractivity contribution in [2.24, 2.45) is 14.1 Å². The molecule has 184 valence electrons. The van der Waals surface area contributed by atoms with Gasteiger partial charge in [0.05, 0.1) is 34.6 Å². The number of aromatic nitrogens is 10. The van der Waals surface area contributed by atoms with E-state index in [9.17, 15) is 0 Å². The number of para-hydroxylation sites is 1. The van der Waals surface area contributed by atoms with Crippen LogP contribution in [0.3, 0.4) is 0 Å². The second-order valence-electron chi connectivity index (χ2n) is 9.11. The Balaban J connectivity index is 1.33. The quantitative estimate of drug-likeness (QED) is 0.355. The van der Waals surface area contributed by atoms with E-state index < -0.39 is 0 Å². The van der Waals surface area contributed by atoms with Crippen LogP contribution in [0.4, 0.5) is 0 Å². The summed E-state index contributed by atoms with van der Waals surface area (Å²) in [4.78, 5) is 13.8. The van der Waals surface area contributed by atoms with E-state index in [1.807, 2.05) is 91.9 Å². The van der Waals surface area contributed by atoms with Gasteiger partial charge in [-0.25, -0.2) is 19.3 Å². The minimum absolute atomic E-state index is 0.509. The van der Waals surface area contributed by atoms with Crippen LogP contribution < -0.4 is 0 Å².